The number of likely N-dealkylation sites (N-methyl/N-ethyl adjacent to an activating group) is 1. The summed E-state index contributed by atoms with van der Waals surface area (Å²) in [6.07, 6.45) is -0.497. The second-order valence-electron chi connectivity index (χ2n) is 4.63. The van der Waals surface area contributed by atoms with Crippen LogP contribution in [0.3, 0.4) is 0 Å². The minimum Gasteiger partial charge on any atom is -0.389 e. The van der Waals surface area contributed by atoms with E-state index in [4.69, 9.17) is 4.74 Å². The van der Waals surface area contributed by atoms with Crippen molar-refractivity contribution in [1.82, 2.24) is 4.90 Å². The fraction of sp³-hybridized carbons (Fsp3) is 0.600. The summed E-state index contributed by atoms with van der Waals surface area (Å²) in [7, 11) is 0. The summed E-state index contributed by atoms with van der Waals surface area (Å²) in [6.45, 7) is 8.35. The quantitative estimate of drug-likeness (QED) is 0.787. The molecule has 1 N–H and O–H groups in total. The molecule has 4 heteroatoms. The molecule has 0 bridgehead atoms. The second kappa shape index (κ2) is 8.25. The lowest BCUT2D eigenvalue weighted by Crippen LogP contribution is -2.36. The van der Waals surface area contributed by atoms with Crippen LogP contribution in [0, 0.1) is 5.82 Å². The zero-order chi connectivity index (χ0) is 14.3. The number of ether oxygens (including phenoxy) is 1. The number of hydrogen-bond acceptors (Lipinski definition) is 3. The van der Waals surface area contributed by atoms with Gasteiger partial charge in [0.2, 0.25) is 0 Å². The third-order valence-corrected chi connectivity index (χ3v) is 3.27. The van der Waals surface area contributed by atoms with Gasteiger partial charge in [-0.3, -0.25) is 4.90 Å². The summed E-state index contributed by atoms with van der Waals surface area (Å²) in [6, 6.07) is 6.66. The monoisotopic (exact) mass is 269 g/mol. The molecule has 0 spiro atoms. The number of aliphatic hydroxyl groups excluding tert-OH is 1. The molecule has 0 fully saturated rings. The molecule has 0 unspecified atom stereocenters. The minimum atomic E-state index is -0.497. The lowest BCUT2D eigenvalue weighted by atomic mass is 10.1. The van der Waals surface area contributed by atoms with Gasteiger partial charge in [0.1, 0.15) is 5.82 Å². The van der Waals surface area contributed by atoms with E-state index in [-0.39, 0.29) is 11.9 Å². The van der Waals surface area contributed by atoms with Gasteiger partial charge in [-0.05, 0) is 38.1 Å². The van der Waals surface area contributed by atoms with Gasteiger partial charge in [-0.2, -0.15) is 0 Å². The fourth-order valence-corrected chi connectivity index (χ4v) is 2.09. The molecule has 0 radical (unpaired) electrons. The molecule has 1 aromatic rings. The highest BCUT2D eigenvalue weighted by Gasteiger charge is 2.17. The Balaban J connectivity index is 2.60. The highest BCUT2D eigenvalue weighted by molar-refractivity contribution is 5.19. The number of benzene rings is 1. The van der Waals surface area contributed by atoms with E-state index in [0.29, 0.717) is 19.8 Å². The minimum absolute atomic E-state index is 0.141. The van der Waals surface area contributed by atoms with Gasteiger partial charge in [0.25, 0.3) is 0 Å². The Morgan fingerprint density at radius 3 is 2.42 bits per heavy atom. The van der Waals surface area contributed by atoms with E-state index in [0.717, 1.165) is 12.1 Å². The highest BCUT2D eigenvalue weighted by Crippen LogP contribution is 2.20. The molecule has 108 valence electrons. The van der Waals surface area contributed by atoms with Gasteiger partial charge in [-0.1, -0.05) is 19.1 Å². The Bertz CT molecular complexity index is 356. The van der Waals surface area contributed by atoms with Crippen LogP contribution in [-0.4, -0.2) is 42.4 Å². The molecule has 1 rings (SSSR count). The summed E-state index contributed by atoms with van der Waals surface area (Å²) in [5, 5.41) is 9.90. The van der Waals surface area contributed by atoms with Crippen LogP contribution in [-0.2, 0) is 4.74 Å². The molecule has 0 aliphatic rings. The number of halogens is 1. The molecule has 19 heavy (non-hydrogen) atoms. The highest BCUT2D eigenvalue weighted by atomic mass is 19.1. The van der Waals surface area contributed by atoms with Crippen molar-refractivity contribution in [2.45, 2.75) is 32.9 Å². The van der Waals surface area contributed by atoms with Gasteiger partial charge in [-0.25, -0.2) is 4.39 Å². The summed E-state index contributed by atoms with van der Waals surface area (Å²) < 4.78 is 18.1. The van der Waals surface area contributed by atoms with E-state index in [9.17, 15) is 9.50 Å². The molecular formula is C15H24FNO2. The van der Waals surface area contributed by atoms with Crippen molar-refractivity contribution in [1.29, 1.82) is 0 Å². The van der Waals surface area contributed by atoms with E-state index >= 15 is 0 Å². The normalized spacial score (nSPS) is 14.6. The SMILES string of the molecule is CCOC[C@H](O)CN(CC)[C@H](C)c1ccc(F)cc1. The van der Waals surface area contributed by atoms with Crippen molar-refractivity contribution in [3.63, 3.8) is 0 Å². The van der Waals surface area contributed by atoms with Crippen molar-refractivity contribution in [2.24, 2.45) is 0 Å². The molecule has 0 amide bonds. The summed E-state index contributed by atoms with van der Waals surface area (Å²) in [5.74, 6) is -0.227. The van der Waals surface area contributed by atoms with Gasteiger partial charge >= 0.3 is 0 Å². The number of rotatable bonds is 8. The third-order valence-electron chi connectivity index (χ3n) is 3.27. The molecule has 3 nitrogen and oxygen atoms in total. The van der Waals surface area contributed by atoms with Crippen molar-refractivity contribution in [3.8, 4) is 0 Å². The molecular weight excluding hydrogens is 245 g/mol. The Hall–Kier alpha value is -0.970. The van der Waals surface area contributed by atoms with Crippen LogP contribution in [0.25, 0.3) is 0 Å². The van der Waals surface area contributed by atoms with Crippen LogP contribution in [0.15, 0.2) is 24.3 Å². The van der Waals surface area contributed by atoms with E-state index < -0.39 is 6.10 Å². The van der Waals surface area contributed by atoms with Crippen molar-refractivity contribution in [2.75, 3.05) is 26.3 Å². The standard InChI is InChI=1S/C15H24FNO2/c1-4-17(10-15(18)11-19-5-2)12(3)13-6-8-14(16)9-7-13/h6-9,12,15,18H,4-5,10-11H2,1-3H3/t12-,15-/m1/s1. The van der Waals surface area contributed by atoms with Gasteiger partial charge in [0.15, 0.2) is 0 Å². The predicted molar refractivity (Wildman–Crippen MR) is 74.6 cm³/mol. The maximum Gasteiger partial charge on any atom is 0.123 e. The van der Waals surface area contributed by atoms with Gasteiger partial charge < -0.3 is 9.84 Å². The van der Waals surface area contributed by atoms with Gasteiger partial charge in [0.05, 0.1) is 12.7 Å². The van der Waals surface area contributed by atoms with Crippen molar-refractivity contribution in [3.05, 3.63) is 35.6 Å². The first-order valence-corrected chi connectivity index (χ1v) is 6.83. The van der Waals surface area contributed by atoms with Crippen molar-refractivity contribution >= 4 is 0 Å². The van der Waals surface area contributed by atoms with Crippen LogP contribution < -0.4 is 0 Å². The average Bonchev–Trinajstić information content (AvgIpc) is 2.42. The number of nitrogens with zero attached hydrogens (tertiary/aromatic N) is 1. The molecule has 0 saturated carbocycles. The number of hydrogen-bond donors (Lipinski definition) is 1. The number of aliphatic hydroxyl groups is 1. The lowest BCUT2D eigenvalue weighted by molar-refractivity contribution is 0.0147. The molecule has 0 saturated heterocycles. The topological polar surface area (TPSA) is 32.7 Å². The van der Waals surface area contributed by atoms with E-state index in [2.05, 4.69) is 11.8 Å². The largest absolute Gasteiger partial charge is 0.389 e. The predicted octanol–water partition coefficient (Wildman–Crippen LogP) is 2.61. The fourth-order valence-electron chi connectivity index (χ4n) is 2.09. The Morgan fingerprint density at radius 2 is 1.89 bits per heavy atom. The first-order valence-electron chi connectivity index (χ1n) is 6.83. The Kier molecular flexibility index (Phi) is 6.99. The molecule has 2 atom stereocenters. The maximum atomic E-state index is 12.9. The molecule has 1 aromatic carbocycles. The zero-order valence-electron chi connectivity index (χ0n) is 12.0. The molecule has 0 heterocycles. The third kappa shape index (κ3) is 5.27. The van der Waals surface area contributed by atoms with E-state index in [1.54, 1.807) is 12.1 Å². The summed E-state index contributed by atoms with van der Waals surface area (Å²) in [4.78, 5) is 2.15. The summed E-state index contributed by atoms with van der Waals surface area (Å²) >= 11 is 0. The first kappa shape index (κ1) is 16.1. The van der Waals surface area contributed by atoms with Crippen LogP contribution in [0.2, 0.25) is 0 Å². The molecule has 0 aliphatic carbocycles. The lowest BCUT2D eigenvalue weighted by Gasteiger charge is -2.30. The maximum absolute atomic E-state index is 12.9. The van der Waals surface area contributed by atoms with Crippen LogP contribution in [0.5, 0.6) is 0 Å². The van der Waals surface area contributed by atoms with Crippen molar-refractivity contribution < 1.29 is 14.2 Å². The molecule has 0 aliphatic heterocycles. The molecule has 0 aromatic heterocycles. The van der Waals surface area contributed by atoms with E-state index in [1.165, 1.54) is 12.1 Å². The second-order valence-corrected chi connectivity index (χ2v) is 4.63. The van der Waals surface area contributed by atoms with Crippen LogP contribution in [0.4, 0.5) is 4.39 Å². The Morgan fingerprint density at radius 1 is 1.26 bits per heavy atom. The van der Waals surface area contributed by atoms with Crippen LogP contribution in [0.1, 0.15) is 32.4 Å². The summed E-state index contributed by atoms with van der Waals surface area (Å²) in [5.41, 5.74) is 1.05. The van der Waals surface area contributed by atoms with Gasteiger partial charge in [-0.15, -0.1) is 0 Å². The van der Waals surface area contributed by atoms with Gasteiger partial charge in [0, 0.05) is 19.2 Å². The first-order chi connectivity index (χ1) is 9.08. The Labute approximate surface area is 115 Å². The van der Waals surface area contributed by atoms with E-state index in [1.807, 2.05) is 13.8 Å². The average molecular weight is 269 g/mol. The van der Waals surface area contributed by atoms with Crippen LogP contribution >= 0.6 is 0 Å². The smallest absolute Gasteiger partial charge is 0.123 e. The zero-order valence-corrected chi connectivity index (χ0v) is 12.0.